The molecule has 1 fully saturated rings. The van der Waals surface area contributed by atoms with Crippen molar-refractivity contribution in [3.05, 3.63) is 18.0 Å². The fourth-order valence-electron chi connectivity index (χ4n) is 2.55. The third kappa shape index (κ3) is 3.06. The zero-order chi connectivity index (χ0) is 13.0. The Morgan fingerprint density at radius 2 is 2.22 bits per heavy atom. The summed E-state index contributed by atoms with van der Waals surface area (Å²) in [6, 6.07) is 2.57. The first-order valence-corrected chi connectivity index (χ1v) is 8.82. The lowest BCUT2D eigenvalue weighted by molar-refractivity contribution is 0.480. The average Bonchev–Trinajstić information content (AvgIpc) is 2.82. The van der Waals surface area contributed by atoms with E-state index >= 15 is 0 Å². The molecule has 3 atom stereocenters. The van der Waals surface area contributed by atoms with E-state index < -0.39 is 0 Å². The zero-order valence-electron chi connectivity index (χ0n) is 11.4. The lowest BCUT2D eigenvalue weighted by Crippen LogP contribution is -2.39. The van der Waals surface area contributed by atoms with Gasteiger partial charge in [0.15, 0.2) is 0 Å². The van der Waals surface area contributed by atoms with E-state index in [-0.39, 0.29) is 0 Å². The summed E-state index contributed by atoms with van der Waals surface area (Å²) in [6.45, 7) is 5.50. The van der Waals surface area contributed by atoms with Gasteiger partial charge < -0.3 is 5.32 Å². The van der Waals surface area contributed by atoms with Crippen LogP contribution in [-0.4, -0.2) is 38.3 Å². The highest BCUT2D eigenvalue weighted by molar-refractivity contribution is 8.07. The van der Waals surface area contributed by atoms with E-state index in [0.717, 1.165) is 11.8 Å². The summed E-state index contributed by atoms with van der Waals surface area (Å²) in [5, 5.41) is 9.40. The van der Waals surface area contributed by atoms with Crippen molar-refractivity contribution in [1.82, 2.24) is 15.1 Å². The van der Waals surface area contributed by atoms with E-state index in [1.165, 1.54) is 23.6 Å². The number of aromatic nitrogens is 2. The van der Waals surface area contributed by atoms with Crippen molar-refractivity contribution in [3.63, 3.8) is 0 Å². The van der Waals surface area contributed by atoms with Crippen molar-refractivity contribution < 1.29 is 0 Å². The van der Waals surface area contributed by atoms with Gasteiger partial charge in [0.25, 0.3) is 0 Å². The number of nitrogens with one attached hydrogen (secondary N) is 1. The Kier molecular flexibility index (Phi) is 5.45. The van der Waals surface area contributed by atoms with E-state index in [0.29, 0.717) is 11.3 Å². The predicted molar refractivity (Wildman–Crippen MR) is 82.4 cm³/mol. The highest BCUT2D eigenvalue weighted by atomic mass is 32.2. The van der Waals surface area contributed by atoms with Crippen LogP contribution in [0.25, 0.3) is 0 Å². The number of aryl methyl sites for hydroxylation is 1. The molecule has 0 spiro atoms. The van der Waals surface area contributed by atoms with Crippen molar-refractivity contribution in [2.45, 2.75) is 36.8 Å². The summed E-state index contributed by atoms with van der Waals surface area (Å²) in [5.41, 5.74) is 1.32. The Balaban J connectivity index is 2.20. The SMILES string of the molecule is CCNC(c1ccnn1C)C1SCCSC1CC. The standard InChI is InChI=1S/C13H23N3S2/c1-4-11-13(18-9-8-17-11)12(14-5-2)10-6-7-15-16(10)3/h6-7,11-14H,4-5,8-9H2,1-3H3. The van der Waals surface area contributed by atoms with Gasteiger partial charge in [0.05, 0.1) is 11.7 Å². The quantitative estimate of drug-likeness (QED) is 0.901. The summed E-state index contributed by atoms with van der Waals surface area (Å²) in [7, 11) is 2.04. The Morgan fingerprint density at radius 1 is 1.44 bits per heavy atom. The molecule has 1 N–H and O–H groups in total. The monoisotopic (exact) mass is 285 g/mol. The summed E-state index contributed by atoms with van der Waals surface area (Å²) < 4.78 is 2.01. The Labute approximate surface area is 118 Å². The first-order chi connectivity index (χ1) is 8.77. The van der Waals surface area contributed by atoms with Crippen LogP contribution < -0.4 is 5.32 Å². The second-order valence-corrected chi connectivity index (χ2v) is 7.20. The number of hydrogen-bond acceptors (Lipinski definition) is 4. The van der Waals surface area contributed by atoms with Crippen molar-refractivity contribution in [3.8, 4) is 0 Å². The maximum absolute atomic E-state index is 4.33. The van der Waals surface area contributed by atoms with Gasteiger partial charge in [-0.25, -0.2) is 0 Å². The van der Waals surface area contributed by atoms with Gasteiger partial charge in [-0.2, -0.15) is 28.6 Å². The molecule has 2 rings (SSSR count). The van der Waals surface area contributed by atoms with Crippen LogP contribution in [-0.2, 0) is 7.05 Å². The molecule has 1 aliphatic rings. The minimum absolute atomic E-state index is 0.422. The number of nitrogens with zero attached hydrogens (tertiary/aromatic N) is 2. The molecule has 1 aromatic heterocycles. The molecule has 3 nitrogen and oxygen atoms in total. The fourth-order valence-corrected chi connectivity index (χ4v) is 5.78. The van der Waals surface area contributed by atoms with Gasteiger partial charge in [0, 0.05) is 35.3 Å². The molecule has 0 amide bonds. The molecule has 102 valence electrons. The van der Waals surface area contributed by atoms with E-state index in [1.807, 2.05) is 17.9 Å². The Bertz CT molecular complexity index is 367. The molecular formula is C13H23N3S2. The van der Waals surface area contributed by atoms with Gasteiger partial charge in [-0.15, -0.1) is 0 Å². The average molecular weight is 285 g/mol. The predicted octanol–water partition coefficient (Wildman–Crippen LogP) is 2.70. The second kappa shape index (κ2) is 6.87. The maximum Gasteiger partial charge on any atom is 0.0623 e. The number of thioether (sulfide) groups is 2. The van der Waals surface area contributed by atoms with Crippen LogP contribution in [0, 0.1) is 0 Å². The molecule has 0 aliphatic carbocycles. The van der Waals surface area contributed by atoms with E-state index in [4.69, 9.17) is 0 Å². The first kappa shape index (κ1) is 14.3. The van der Waals surface area contributed by atoms with Crippen LogP contribution in [0.1, 0.15) is 32.0 Å². The second-order valence-electron chi connectivity index (χ2n) is 4.57. The maximum atomic E-state index is 4.33. The van der Waals surface area contributed by atoms with Crippen molar-refractivity contribution in [1.29, 1.82) is 0 Å². The Morgan fingerprint density at radius 3 is 2.83 bits per heavy atom. The minimum Gasteiger partial charge on any atom is -0.308 e. The molecule has 18 heavy (non-hydrogen) atoms. The molecule has 5 heteroatoms. The molecule has 3 unspecified atom stereocenters. The smallest absolute Gasteiger partial charge is 0.0623 e. The highest BCUT2D eigenvalue weighted by Gasteiger charge is 2.33. The fraction of sp³-hybridized carbons (Fsp3) is 0.769. The first-order valence-electron chi connectivity index (χ1n) is 6.72. The van der Waals surface area contributed by atoms with Crippen LogP contribution in [0.2, 0.25) is 0 Å². The number of hydrogen-bond donors (Lipinski definition) is 1. The molecule has 0 bridgehead atoms. The van der Waals surface area contributed by atoms with Crippen LogP contribution in [0.5, 0.6) is 0 Å². The van der Waals surface area contributed by atoms with Gasteiger partial charge in [-0.05, 0) is 19.0 Å². The molecular weight excluding hydrogens is 262 g/mol. The van der Waals surface area contributed by atoms with Gasteiger partial charge in [-0.3, -0.25) is 4.68 Å². The zero-order valence-corrected chi connectivity index (χ0v) is 13.1. The lowest BCUT2D eigenvalue weighted by atomic mass is 10.1. The summed E-state index contributed by atoms with van der Waals surface area (Å²) >= 11 is 4.26. The van der Waals surface area contributed by atoms with Crippen molar-refractivity contribution in [2.75, 3.05) is 18.1 Å². The van der Waals surface area contributed by atoms with Crippen molar-refractivity contribution >= 4 is 23.5 Å². The van der Waals surface area contributed by atoms with Crippen molar-refractivity contribution in [2.24, 2.45) is 7.05 Å². The third-order valence-corrected chi connectivity index (χ3v) is 6.78. The normalized spacial score (nSPS) is 26.2. The van der Waals surface area contributed by atoms with Crippen LogP contribution in [0.3, 0.4) is 0 Å². The van der Waals surface area contributed by atoms with Gasteiger partial charge in [0.1, 0.15) is 0 Å². The number of rotatable bonds is 5. The molecule has 0 aromatic carbocycles. The molecule has 0 saturated carbocycles. The Hall–Kier alpha value is -0.130. The van der Waals surface area contributed by atoms with E-state index in [2.05, 4.69) is 53.9 Å². The lowest BCUT2D eigenvalue weighted by Gasteiger charge is -2.36. The molecule has 2 heterocycles. The topological polar surface area (TPSA) is 29.9 Å². The van der Waals surface area contributed by atoms with E-state index in [1.54, 1.807) is 0 Å². The minimum atomic E-state index is 0.422. The van der Waals surface area contributed by atoms with E-state index in [9.17, 15) is 0 Å². The summed E-state index contributed by atoms with van der Waals surface area (Å²) in [4.78, 5) is 0. The van der Waals surface area contributed by atoms with Gasteiger partial charge in [-0.1, -0.05) is 13.8 Å². The van der Waals surface area contributed by atoms with Gasteiger partial charge in [0.2, 0.25) is 0 Å². The molecule has 0 radical (unpaired) electrons. The van der Waals surface area contributed by atoms with Crippen LogP contribution >= 0.6 is 23.5 Å². The molecule has 1 saturated heterocycles. The largest absolute Gasteiger partial charge is 0.308 e. The molecule has 1 aromatic rings. The highest BCUT2D eigenvalue weighted by Crippen LogP contribution is 2.40. The van der Waals surface area contributed by atoms with Crippen LogP contribution in [0.15, 0.2) is 12.3 Å². The summed E-state index contributed by atoms with van der Waals surface area (Å²) in [5.74, 6) is 2.56. The van der Waals surface area contributed by atoms with Gasteiger partial charge >= 0.3 is 0 Å². The molecule has 1 aliphatic heterocycles. The third-order valence-electron chi connectivity index (χ3n) is 3.42. The van der Waals surface area contributed by atoms with Crippen LogP contribution in [0.4, 0.5) is 0 Å². The summed E-state index contributed by atoms with van der Waals surface area (Å²) in [6.07, 6.45) is 3.16.